The van der Waals surface area contributed by atoms with Crippen LogP contribution in [0.3, 0.4) is 0 Å². The van der Waals surface area contributed by atoms with E-state index in [1.54, 1.807) is 0 Å². The zero-order valence-corrected chi connectivity index (χ0v) is 22.5. The van der Waals surface area contributed by atoms with E-state index in [0.717, 1.165) is 90.0 Å². The average Bonchev–Trinajstić information content (AvgIpc) is 2.80. The molecule has 0 bridgehead atoms. The molecule has 0 fully saturated rings. The van der Waals surface area contributed by atoms with Gasteiger partial charge >= 0.3 is 0 Å². The topological polar surface area (TPSA) is 149 Å². The van der Waals surface area contributed by atoms with Gasteiger partial charge in [-0.15, -0.1) is 0 Å². The first-order chi connectivity index (χ1) is 16.9. The van der Waals surface area contributed by atoms with Gasteiger partial charge in [-0.05, 0) is 126 Å². The summed E-state index contributed by atoms with van der Waals surface area (Å²) in [6.45, 7) is 12.3. The van der Waals surface area contributed by atoms with Crippen LogP contribution in [0, 0.1) is 5.92 Å². The van der Waals surface area contributed by atoms with Crippen molar-refractivity contribution in [1.82, 2.24) is 16.0 Å². The molecule has 2 atom stereocenters. The quantitative estimate of drug-likeness (QED) is 0.112. The normalized spacial score (nSPS) is 13.3. The maximum Gasteiger partial charge on any atom is 0.119 e. The summed E-state index contributed by atoms with van der Waals surface area (Å²) in [5.41, 5.74) is 26.5. The van der Waals surface area contributed by atoms with Crippen LogP contribution in [0.4, 0.5) is 0 Å². The number of hydrogen-bond donors (Lipinski definition) is 7. The van der Waals surface area contributed by atoms with Gasteiger partial charge in [0.1, 0.15) is 5.75 Å². The summed E-state index contributed by atoms with van der Waals surface area (Å²) in [5, 5.41) is 10.3. The molecule has 0 saturated heterocycles. The Morgan fingerprint density at radius 3 is 1.71 bits per heavy atom. The van der Waals surface area contributed by atoms with Crippen molar-refractivity contribution in [2.24, 2.45) is 28.9 Å². The van der Waals surface area contributed by atoms with E-state index in [0.29, 0.717) is 25.6 Å². The van der Waals surface area contributed by atoms with Crippen LogP contribution < -0.4 is 43.6 Å². The van der Waals surface area contributed by atoms with Gasteiger partial charge < -0.3 is 43.6 Å². The summed E-state index contributed by atoms with van der Waals surface area (Å²) in [7, 11) is 0. The molecular formula is C27H55N7O. The van der Waals surface area contributed by atoms with Crippen LogP contribution in [0.2, 0.25) is 0 Å². The lowest BCUT2D eigenvalue weighted by atomic mass is 9.97. The van der Waals surface area contributed by atoms with Crippen molar-refractivity contribution >= 4 is 0 Å². The second-order valence-corrected chi connectivity index (χ2v) is 10.1. The Morgan fingerprint density at radius 2 is 1.23 bits per heavy atom. The lowest BCUT2D eigenvalue weighted by Crippen LogP contribution is -2.30. The molecule has 0 aromatic heterocycles. The minimum atomic E-state index is 0.101. The third-order valence-corrected chi connectivity index (χ3v) is 5.84. The Balaban J connectivity index is 2.63. The summed E-state index contributed by atoms with van der Waals surface area (Å²) >= 11 is 0. The van der Waals surface area contributed by atoms with Crippen molar-refractivity contribution < 1.29 is 4.74 Å². The second-order valence-electron chi connectivity index (χ2n) is 10.1. The first-order valence-corrected chi connectivity index (χ1v) is 13.7. The van der Waals surface area contributed by atoms with Gasteiger partial charge in [-0.1, -0.05) is 19.9 Å². The Labute approximate surface area is 214 Å². The van der Waals surface area contributed by atoms with Gasteiger partial charge in [0.25, 0.3) is 0 Å². The van der Waals surface area contributed by atoms with E-state index in [9.17, 15) is 0 Å². The highest BCUT2D eigenvalue weighted by atomic mass is 16.5. The Bertz CT molecular complexity index is 589. The number of rotatable bonds is 23. The predicted molar refractivity (Wildman–Crippen MR) is 150 cm³/mol. The van der Waals surface area contributed by atoms with Crippen LogP contribution in [0.5, 0.6) is 5.75 Å². The van der Waals surface area contributed by atoms with Crippen molar-refractivity contribution in [1.29, 1.82) is 0 Å². The number of benzene rings is 1. The van der Waals surface area contributed by atoms with Crippen LogP contribution in [0.1, 0.15) is 57.1 Å². The smallest absolute Gasteiger partial charge is 0.119 e. The van der Waals surface area contributed by atoms with Crippen LogP contribution in [-0.2, 0) is 12.8 Å². The van der Waals surface area contributed by atoms with Gasteiger partial charge in [0.05, 0.1) is 6.61 Å². The summed E-state index contributed by atoms with van der Waals surface area (Å²) in [6, 6.07) is 6.74. The number of nitrogens with two attached hydrogens (primary N) is 4. The largest absolute Gasteiger partial charge is 0.494 e. The van der Waals surface area contributed by atoms with Gasteiger partial charge in [-0.2, -0.15) is 0 Å². The van der Waals surface area contributed by atoms with Crippen LogP contribution in [0.25, 0.3) is 0 Å². The van der Waals surface area contributed by atoms with Gasteiger partial charge in [-0.3, -0.25) is 0 Å². The highest BCUT2D eigenvalue weighted by Crippen LogP contribution is 2.20. The highest BCUT2D eigenvalue weighted by molar-refractivity contribution is 5.35. The molecule has 204 valence electrons. The zero-order chi connectivity index (χ0) is 25.7. The van der Waals surface area contributed by atoms with Crippen molar-refractivity contribution in [3.05, 3.63) is 29.3 Å². The Morgan fingerprint density at radius 1 is 0.714 bits per heavy atom. The lowest BCUT2D eigenvalue weighted by molar-refractivity contribution is 0.306. The van der Waals surface area contributed by atoms with Crippen LogP contribution in [-0.4, -0.2) is 71.0 Å². The van der Waals surface area contributed by atoms with Gasteiger partial charge in [0.15, 0.2) is 0 Å². The summed E-state index contributed by atoms with van der Waals surface area (Å²) < 4.78 is 6.14. The number of hydrogen-bond acceptors (Lipinski definition) is 8. The molecule has 35 heavy (non-hydrogen) atoms. The van der Waals surface area contributed by atoms with E-state index in [-0.39, 0.29) is 12.1 Å². The highest BCUT2D eigenvalue weighted by Gasteiger charge is 2.11. The molecule has 0 amide bonds. The fraction of sp³-hybridized carbons (Fsp3) is 0.778. The molecule has 8 nitrogen and oxygen atoms in total. The predicted octanol–water partition coefficient (Wildman–Crippen LogP) is 1.10. The minimum absolute atomic E-state index is 0.101. The molecule has 0 heterocycles. The van der Waals surface area contributed by atoms with E-state index in [4.69, 9.17) is 27.7 Å². The van der Waals surface area contributed by atoms with E-state index >= 15 is 0 Å². The first kappa shape index (κ1) is 31.8. The average molecular weight is 494 g/mol. The number of ether oxygens (including phenoxy) is 1. The molecule has 1 rings (SSSR count). The third-order valence-electron chi connectivity index (χ3n) is 5.84. The van der Waals surface area contributed by atoms with Crippen LogP contribution in [0.15, 0.2) is 18.2 Å². The SMILES string of the molecule is CC(C)CNCCCOc1cc(CC(N)CCNCCCN)cc(CC(N)CCNCCCN)c1. The van der Waals surface area contributed by atoms with Crippen molar-refractivity contribution in [3.63, 3.8) is 0 Å². The zero-order valence-electron chi connectivity index (χ0n) is 22.5. The van der Waals surface area contributed by atoms with Crippen molar-refractivity contribution in [2.75, 3.05) is 59.0 Å². The molecule has 1 aromatic rings. The summed E-state index contributed by atoms with van der Waals surface area (Å²) in [4.78, 5) is 0. The Kier molecular flexibility index (Phi) is 19.0. The molecule has 2 unspecified atom stereocenters. The van der Waals surface area contributed by atoms with Gasteiger partial charge in [0, 0.05) is 12.1 Å². The van der Waals surface area contributed by atoms with E-state index in [2.05, 4.69) is 48.0 Å². The first-order valence-electron chi connectivity index (χ1n) is 13.7. The molecule has 0 aliphatic carbocycles. The molecule has 8 heteroatoms. The fourth-order valence-electron chi connectivity index (χ4n) is 3.91. The number of nitrogens with one attached hydrogen (secondary N) is 3. The molecule has 1 aromatic carbocycles. The molecule has 0 aliphatic heterocycles. The second kappa shape index (κ2) is 20.9. The standard InChI is InChI=1S/C27H55N7O/c1-22(2)21-34-12-5-15-35-27-19-23(17-25(30)6-13-32-10-3-8-28)16-24(20-27)18-26(31)7-14-33-11-4-9-29/h16,19-20,22,25-26,32-34H,3-15,17-18,21,28-31H2,1-2H3. The molecule has 0 saturated carbocycles. The molecule has 0 radical (unpaired) electrons. The van der Waals surface area contributed by atoms with Crippen LogP contribution >= 0.6 is 0 Å². The molecule has 0 spiro atoms. The van der Waals surface area contributed by atoms with E-state index in [1.807, 2.05) is 0 Å². The summed E-state index contributed by atoms with van der Waals surface area (Å²) in [5.74, 6) is 1.58. The minimum Gasteiger partial charge on any atom is -0.494 e. The maximum absolute atomic E-state index is 6.45. The molecular weight excluding hydrogens is 438 g/mol. The van der Waals surface area contributed by atoms with E-state index in [1.165, 1.54) is 11.1 Å². The third kappa shape index (κ3) is 17.8. The molecule has 0 aliphatic rings. The van der Waals surface area contributed by atoms with Gasteiger partial charge in [0.2, 0.25) is 0 Å². The maximum atomic E-state index is 6.45. The molecule has 11 N–H and O–H groups in total. The monoisotopic (exact) mass is 493 g/mol. The Hall–Kier alpha value is -1.26. The van der Waals surface area contributed by atoms with E-state index < -0.39 is 0 Å². The van der Waals surface area contributed by atoms with Gasteiger partial charge in [-0.25, -0.2) is 0 Å². The summed E-state index contributed by atoms with van der Waals surface area (Å²) in [6.07, 6.45) is 6.49. The lowest BCUT2D eigenvalue weighted by Gasteiger charge is -2.17. The fourth-order valence-corrected chi connectivity index (χ4v) is 3.91. The van der Waals surface area contributed by atoms with Crippen molar-refractivity contribution in [3.8, 4) is 5.75 Å². The van der Waals surface area contributed by atoms with Crippen molar-refractivity contribution in [2.45, 2.75) is 70.9 Å².